The van der Waals surface area contributed by atoms with E-state index in [2.05, 4.69) is 0 Å². The minimum atomic E-state index is -3.77. The largest absolute Gasteiger partial charge is 0.456 e. The lowest BCUT2D eigenvalue weighted by atomic mass is 10.1. The average Bonchev–Trinajstić information content (AvgIpc) is 3.18. The Morgan fingerprint density at radius 1 is 1.26 bits per heavy atom. The van der Waals surface area contributed by atoms with Crippen molar-refractivity contribution in [3.8, 4) is 6.07 Å². The van der Waals surface area contributed by atoms with Crippen LogP contribution in [-0.4, -0.2) is 31.8 Å². The van der Waals surface area contributed by atoms with Crippen LogP contribution >= 0.6 is 11.3 Å². The maximum absolute atomic E-state index is 13.8. The second-order valence-electron chi connectivity index (χ2n) is 6.07. The summed E-state index contributed by atoms with van der Waals surface area (Å²) in [5.41, 5.74) is 0.298. The highest BCUT2D eigenvalue weighted by Gasteiger charge is 2.31. The molecule has 0 radical (unpaired) electrons. The van der Waals surface area contributed by atoms with Crippen molar-refractivity contribution in [1.29, 1.82) is 5.26 Å². The van der Waals surface area contributed by atoms with Crippen LogP contribution in [0.15, 0.2) is 34.5 Å². The number of sulfonamides is 1. The maximum atomic E-state index is 13.8. The number of halogens is 1. The van der Waals surface area contributed by atoms with E-state index in [4.69, 9.17) is 10.00 Å². The molecule has 1 aromatic heterocycles. The van der Waals surface area contributed by atoms with Crippen LogP contribution in [0.3, 0.4) is 0 Å². The Kier molecular flexibility index (Phi) is 5.89. The highest BCUT2D eigenvalue weighted by molar-refractivity contribution is 7.89. The number of piperidine rings is 1. The number of hydrogen-bond acceptors (Lipinski definition) is 6. The topological polar surface area (TPSA) is 87.5 Å². The minimum Gasteiger partial charge on any atom is -0.456 e. The number of thiophene rings is 1. The molecule has 1 fully saturated rings. The number of esters is 1. The molecule has 0 unspecified atom stereocenters. The summed E-state index contributed by atoms with van der Waals surface area (Å²) in [6.07, 6.45) is 2.56. The van der Waals surface area contributed by atoms with Crippen molar-refractivity contribution in [3.05, 3.63) is 51.5 Å². The summed E-state index contributed by atoms with van der Waals surface area (Å²) >= 11 is 0.969. The molecular weight excluding hydrogens is 391 g/mol. The van der Waals surface area contributed by atoms with Crippen molar-refractivity contribution in [2.75, 3.05) is 13.1 Å². The zero-order valence-electron chi connectivity index (χ0n) is 14.4. The van der Waals surface area contributed by atoms with Crippen molar-refractivity contribution in [1.82, 2.24) is 4.31 Å². The molecule has 0 aliphatic carbocycles. The fourth-order valence-corrected chi connectivity index (χ4v) is 5.66. The van der Waals surface area contributed by atoms with E-state index in [0.717, 1.165) is 36.7 Å². The molecule has 1 aliphatic rings. The van der Waals surface area contributed by atoms with E-state index in [0.29, 0.717) is 13.1 Å². The molecule has 2 aromatic rings. The number of hydrogen-bond donors (Lipinski definition) is 0. The van der Waals surface area contributed by atoms with Gasteiger partial charge >= 0.3 is 5.97 Å². The molecule has 9 heteroatoms. The van der Waals surface area contributed by atoms with E-state index >= 15 is 0 Å². The van der Waals surface area contributed by atoms with E-state index in [1.165, 1.54) is 27.9 Å². The molecule has 0 saturated carbocycles. The minimum absolute atomic E-state index is 0.0302. The number of rotatable bonds is 5. The van der Waals surface area contributed by atoms with Gasteiger partial charge in [0.25, 0.3) is 0 Å². The molecule has 0 N–H and O–H groups in total. The summed E-state index contributed by atoms with van der Waals surface area (Å²) in [7, 11) is -3.77. The first kappa shape index (κ1) is 19.5. The molecule has 2 heterocycles. The highest BCUT2D eigenvalue weighted by atomic mass is 32.2. The molecule has 0 amide bonds. The van der Waals surface area contributed by atoms with Crippen molar-refractivity contribution in [2.45, 2.75) is 30.8 Å². The first-order chi connectivity index (χ1) is 12.9. The zero-order valence-corrected chi connectivity index (χ0v) is 16.0. The Hall–Kier alpha value is -2.28. The third kappa shape index (κ3) is 4.18. The average molecular weight is 408 g/mol. The fraction of sp³-hybridized carbons (Fsp3) is 0.333. The van der Waals surface area contributed by atoms with Crippen molar-refractivity contribution >= 4 is 27.3 Å². The molecule has 6 nitrogen and oxygen atoms in total. The quantitative estimate of drug-likeness (QED) is 0.709. The number of nitrogens with zero attached hydrogens (tertiary/aromatic N) is 2. The van der Waals surface area contributed by atoms with Gasteiger partial charge in [0.15, 0.2) is 0 Å². The van der Waals surface area contributed by atoms with Crippen LogP contribution < -0.4 is 0 Å². The summed E-state index contributed by atoms with van der Waals surface area (Å²) in [6.45, 7) is 0.471. The van der Waals surface area contributed by atoms with Crippen LogP contribution in [0.5, 0.6) is 0 Å². The molecule has 3 rings (SSSR count). The van der Waals surface area contributed by atoms with Gasteiger partial charge in [-0.05, 0) is 42.5 Å². The molecule has 142 valence electrons. The predicted octanol–water partition coefficient (Wildman–Crippen LogP) is 3.29. The fourth-order valence-electron chi connectivity index (χ4n) is 2.86. The molecule has 0 bridgehead atoms. The Labute approximate surface area is 160 Å². The van der Waals surface area contributed by atoms with Gasteiger partial charge in [0.2, 0.25) is 10.0 Å². The van der Waals surface area contributed by atoms with Crippen LogP contribution in [0.1, 0.15) is 40.1 Å². The monoisotopic (exact) mass is 408 g/mol. The summed E-state index contributed by atoms with van der Waals surface area (Å²) in [5.74, 6) is -1.43. The van der Waals surface area contributed by atoms with E-state index < -0.39 is 21.8 Å². The van der Waals surface area contributed by atoms with Crippen LogP contribution in [0.25, 0.3) is 0 Å². The third-order valence-corrected chi connectivity index (χ3v) is 7.25. The van der Waals surface area contributed by atoms with Gasteiger partial charge in [-0.1, -0.05) is 6.42 Å². The van der Waals surface area contributed by atoms with Crippen molar-refractivity contribution in [2.24, 2.45) is 0 Å². The second-order valence-corrected chi connectivity index (χ2v) is 8.90. The predicted molar refractivity (Wildman–Crippen MR) is 97.2 cm³/mol. The van der Waals surface area contributed by atoms with E-state index in [1.807, 2.05) is 6.07 Å². The Morgan fingerprint density at radius 2 is 2.00 bits per heavy atom. The summed E-state index contributed by atoms with van der Waals surface area (Å²) < 4.78 is 45.9. The van der Waals surface area contributed by atoms with Crippen LogP contribution in [0, 0.1) is 17.1 Å². The van der Waals surface area contributed by atoms with E-state index in [9.17, 15) is 17.6 Å². The summed E-state index contributed by atoms with van der Waals surface area (Å²) in [6, 6.07) is 7.02. The normalized spacial score (nSPS) is 15.3. The molecule has 1 saturated heterocycles. The number of benzene rings is 1. The van der Waals surface area contributed by atoms with Gasteiger partial charge in [-0.25, -0.2) is 17.6 Å². The van der Waals surface area contributed by atoms with Crippen molar-refractivity contribution in [3.63, 3.8) is 0 Å². The van der Waals surface area contributed by atoms with E-state index in [-0.39, 0.29) is 27.5 Å². The number of carbonyl (C=O) groups excluding carboxylic acids is 1. The third-order valence-electron chi connectivity index (χ3n) is 4.28. The summed E-state index contributed by atoms with van der Waals surface area (Å²) in [4.78, 5) is 12.3. The first-order valence-electron chi connectivity index (χ1n) is 8.37. The smallest absolute Gasteiger partial charge is 0.350 e. The zero-order chi connectivity index (χ0) is 19.4. The van der Waals surface area contributed by atoms with Gasteiger partial charge in [-0.15, -0.1) is 11.3 Å². The molecule has 27 heavy (non-hydrogen) atoms. The number of ether oxygens (including phenoxy) is 1. The number of nitriles is 1. The lowest BCUT2D eigenvalue weighted by Gasteiger charge is -2.25. The molecule has 0 spiro atoms. The SMILES string of the molecule is N#Cc1ccc(F)c(COC(=O)c2sccc2S(=O)(=O)N2CCCCC2)c1. The van der Waals surface area contributed by atoms with Gasteiger partial charge in [0.1, 0.15) is 22.2 Å². The van der Waals surface area contributed by atoms with Gasteiger partial charge in [0.05, 0.1) is 11.6 Å². The van der Waals surface area contributed by atoms with Crippen molar-refractivity contribution < 1.29 is 22.3 Å². The van der Waals surface area contributed by atoms with Gasteiger partial charge in [-0.3, -0.25) is 0 Å². The standard InChI is InChI=1S/C18H17FN2O4S2/c19-15-5-4-13(11-20)10-14(15)12-25-18(22)17-16(6-9-26-17)27(23,24)21-7-2-1-3-8-21/h4-6,9-10H,1-3,7-8,12H2. The van der Waals surface area contributed by atoms with Gasteiger partial charge in [0, 0.05) is 18.7 Å². The first-order valence-corrected chi connectivity index (χ1v) is 10.7. The van der Waals surface area contributed by atoms with Gasteiger partial charge < -0.3 is 4.74 Å². The van der Waals surface area contributed by atoms with Crippen LogP contribution in [0.2, 0.25) is 0 Å². The molecular formula is C18H17FN2O4S2. The Morgan fingerprint density at radius 3 is 2.70 bits per heavy atom. The van der Waals surface area contributed by atoms with Crippen LogP contribution in [0.4, 0.5) is 4.39 Å². The Balaban J connectivity index is 1.77. The lowest BCUT2D eigenvalue weighted by Crippen LogP contribution is -2.36. The highest BCUT2D eigenvalue weighted by Crippen LogP contribution is 2.28. The van der Waals surface area contributed by atoms with E-state index in [1.54, 1.807) is 0 Å². The van der Waals surface area contributed by atoms with Crippen LogP contribution in [-0.2, 0) is 21.4 Å². The Bertz CT molecular complexity index is 989. The van der Waals surface area contributed by atoms with Gasteiger partial charge in [-0.2, -0.15) is 9.57 Å². The molecule has 1 aliphatic heterocycles. The lowest BCUT2D eigenvalue weighted by molar-refractivity contribution is 0.0470. The summed E-state index contributed by atoms with van der Waals surface area (Å²) in [5, 5.41) is 10.4. The second kappa shape index (κ2) is 8.17. The molecule has 0 atom stereocenters. The number of carbonyl (C=O) groups is 1. The molecule has 1 aromatic carbocycles. The maximum Gasteiger partial charge on any atom is 0.350 e.